The molecular formula is C32H36N4O3. The highest BCUT2D eigenvalue weighted by molar-refractivity contribution is 5.87. The van der Waals surface area contributed by atoms with Crippen LogP contribution in [0.15, 0.2) is 85.3 Å². The fraction of sp³-hybridized carbons (Fsp3) is 0.312. The first-order chi connectivity index (χ1) is 18.7. The van der Waals surface area contributed by atoms with E-state index in [1.165, 1.54) is 5.56 Å². The van der Waals surface area contributed by atoms with E-state index in [-0.39, 0.29) is 11.3 Å². The van der Waals surface area contributed by atoms with Crippen LogP contribution < -0.4 is 15.0 Å². The predicted molar refractivity (Wildman–Crippen MR) is 153 cm³/mol. The summed E-state index contributed by atoms with van der Waals surface area (Å²) >= 11 is 0. The van der Waals surface area contributed by atoms with Crippen LogP contribution in [-0.2, 0) is 23.2 Å². The van der Waals surface area contributed by atoms with Gasteiger partial charge in [-0.25, -0.2) is 4.98 Å². The molecule has 1 aromatic heterocycles. The van der Waals surface area contributed by atoms with Gasteiger partial charge in [-0.15, -0.1) is 0 Å². The average Bonchev–Trinajstić information content (AvgIpc) is 3.55. The van der Waals surface area contributed by atoms with Gasteiger partial charge in [0.05, 0.1) is 37.8 Å². The van der Waals surface area contributed by atoms with Crippen LogP contribution in [-0.4, -0.2) is 34.2 Å². The molecule has 4 aromatic rings. The Balaban J connectivity index is 1.58. The van der Waals surface area contributed by atoms with Crippen molar-refractivity contribution in [2.45, 2.75) is 57.3 Å². The third kappa shape index (κ3) is 5.68. The molecule has 5 rings (SSSR count). The number of aliphatic hydroxyl groups excluding tert-OH is 1. The van der Waals surface area contributed by atoms with E-state index in [4.69, 9.17) is 4.74 Å². The summed E-state index contributed by atoms with van der Waals surface area (Å²) in [7, 11) is 1.62. The normalized spacial score (nSPS) is 17.4. The van der Waals surface area contributed by atoms with Gasteiger partial charge >= 0.3 is 0 Å². The Kier molecular flexibility index (Phi) is 7.44. The SMILES string of the molecule is COc1cccc(C(C(=O)N[C@H]2c3ccccc3C[C@H]2O)N(Cc2cnc[nH]2)c2ccc(C(C)(C)C)cc2)c1. The molecule has 3 N–H and O–H groups in total. The average molecular weight is 525 g/mol. The topological polar surface area (TPSA) is 90.5 Å². The van der Waals surface area contributed by atoms with Crippen molar-refractivity contribution in [2.24, 2.45) is 0 Å². The number of benzene rings is 3. The van der Waals surface area contributed by atoms with Crippen LogP contribution in [0, 0.1) is 0 Å². The lowest BCUT2D eigenvalue weighted by atomic mass is 9.87. The summed E-state index contributed by atoms with van der Waals surface area (Å²) in [6.45, 7) is 6.97. The number of rotatable bonds is 8. The predicted octanol–water partition coefficient (Wildman–Crippen LogP) is 5.24. The number of aromatic nitrogens is 2. The number of H-pyrrole nitrogens is 1. The van der Waals surface area contributed by atoms with Gasteiger partial charge in [0.1, 0.15) is 11.8 Å². The van der Waals surface area contributed by atoms with Crippen LogP contribution in [0.1, 0.15) is 60.8 Å². The van der Waals surface area contributed by atoms with Gasteiger partial charge in [0.15, 0.2) is 0 Å². The maximum Gasteiger partial charge on any atom is 0.247 e. The lowest BCUT2D eigenvalue weighted by Gasteiger charge is -2.34. The van der Waals surface area contributed by atoms with Crippen molar-refractivity contribution in [1.29, 1.82) is 0 Å². The van der Waals surface area contributed by atoms with Crippen molar-refractivity contribution < 1.29 is 14.6 Å². The Labute approximate surface area is 229 Å². The van der Waals surface area contributed by atoms with Crippen LogP contribution in [0.2, 0.25) is 0 Å². The van der Waals surface area contributed by atoms with Gasteiger partial charge in [-0.2, -0.15) is 0 Å². The zero-order chi connectivity index (χ0) is 27.6. The van der Waals surface area contributed by atoms with E-state index in [0.29, 0.717) is 18.7 Å². The molecule has 1 aliphatic carbocycles. The summed E-state index contributed by atoms with van der Waals surface area (Å²) in [6, 6.07) is 22.7. The van der Waals surface area contributed by atoms with Crippen molar-refractivity contribution in [2.75, 3.05) is 12.0 Å². The quantitative estimate of drug-likeness (QED) is 0.293. The third-order valence-corrected chi connectivity index (χ3v) is 7.43. The van der Waals surface area contributed by atoms with Crippen molar-refractivity contribution in [3.63, 3.8) is 0 Å². The molecule has 0 bridgehead atoms. The fourth-order valence-corrected chi connectivity index (χ4v) is 5.30. The highest BCUT2D eigenvalue weighted by atomic mass is 16.5. The Morgan fingerprint density at radius 3 is 2.59 bits per heavy atom. The third-order valence-electron chi connectivity index (χ3n) is 7.43. The number of fused-ring (bicyclic) bond motifs is 1. The molecular weight excluding hydrogens is 488 g/mol. The number of aromatic amines is 1. The molecule has 1 heterocycles. The molecule has 7 nitrogen and oxygen atoms in total. The molecule has 0 aliphatic heterocycles. The Morgan fingerprint density at radius 2 is 1.90 bits per heavy atom. The van der Waals surface area contributed by atoms with Crippen LogP contribution in [0.5, 0.6) is 5.75 Å². The van der Waals surface area contributed by atoms with Crippen molar-refractivity contribution in [1.82, 2.24) is 15.3 Å². The minimum absolute atomic E-state index is 0.00229. The molecule has 3 atom stereocenters. The van der Waals surface area contributed by atoms with E-state index in [1.54, 1.807) is 19.6 Å². The lowest BCUT2D eigenvalue weighted by molar-refractivity contribution is -0.124. The smallest absolute Gasteiger partial charge is 0.247 e. The van der Waals surface area contributed by atoms with Crippen LogP contribution in [0.3, 0.4) is 0 Å². The molecule has 202 valence electrons. The maximum absolute atomic E-state index is 14.3. The molecule has 1 aliphatic rings. The molecule has 0 saturated carbocycles. The molecule has 1 unspecified atom stereocenters. The van der Waals surface area contributed by atoms with Crippen LogP contribution in [0.4, 0.5) is 5.69 Å². The first kappa shape index (κ1) is 26.5. The first-order valence-electron chi connectivity index (χ1n) is 13.3. The number of imidazole rings is 1. The molecule has 7 heteroatoms. The maximum atomic E-state index is 14.3. The van der Waals surface area contributed by atoms with Gasteiger partial charge < -0.3 is 25.0 Å². The summed E-state index contributed by atoms with van der Waals surface area (Å²) in [5, 5.41) is 14.1. The van der Waals surface area contributed by atoms with Gasteiger partial charge in [0.2, 0.25) is 5.91 Å². The molecule has 39 heavy (non-hydrogen) atoms. The Bertz CT molecular complexity index is 1410. The molecule has 3 aromatic carbocycles. The number of amides is 1. The number of nitrogens with zero attached hydrogens (tertiary/aromatic N) is 2. The van der Waals surface area contributed by atoms with Gasteiger partial charge in [0.25, 0.3) is 0 Å². The van der Waals surface area contributed by atoms with E-state index < -0.39 is 18.2 Å². The summed E-state index contributed by atoms with van der Waals surface area (Å²) in [4.78, 5) is 23.7. The van der Waals surface area contributed by atoms with Gasteiger partial charge in [-0.05, 0) is 51.9 Å². The zero-order valence-electron chi connectivity index (χ0n) is 22.9. The molecule has 1 amide bonds. The van der Waals surface area contributed by atoms with Gasteiger partial charge in [-0.1, -0.05) is 69.3 Å². The second kappa shape index (κ2) is 10.9. The number of hydrogen-bond acceptors (Lipinski definition) is 5. The second-order valence-corrected chi connectivity index (χ2v) is 11.1. The van der Waals surface area contributed by atoms with Crippen LogP contribution >= 0.6 is 0 Å². The number of methoxy groups -OCH3 is 1. The molecule has 0 saturated heterocycles. The number of carbonyl (C=O) groups is 1. The van der Waals surface area contributed by atoms with Gasteiger partial charge in [0, 0.05) is 18.3 Å². The number of aliphatic hydroxyl groups is 1. The number of ether oxygens (including phenoxy) is 1. The Hall–Kier alpha value is -4.10. The lowest BCUT2D eigenvalue weighted by Crippen LogP contribution is -2.43. The minimum Gasteiger partial charge on any atom is -0.497 e. The second-order valence-electron chi connectivity index (χ2n) is 11.1. The zero-order valence-corrected chi connectivity index (χ0v) is 22.9. The number of anilines is 1. The van der Waals surface area contributed by atoms with Crippen molar-refractivity contribution >= 4 is 11.6 Å². The number of hydrogen-bond donors (Lipinski definition) is 3. The monoisotopic (exact) mass is 524 g/mol. The van der Waals surface area contributed by atoms with Crippen LogP contribution in [0.25, 0.3) is 0 Å². The standard InChI is InChI=1S/C32H36N4O3/c1-32(2,3)23-12-14-25(15-13-23)36(19-24-18-33-20-34-24)30(22-9-7-10-26(16-22)39-4)31(38)35-29-27-11-6-5-8-21(27)17-28(29)37/h5-16,18,20,28-30,37H,17,19H2,1-4H3,(H,33,34)(H,35,38)/t28-,29+,30?/m1/s1. The van der Waals surface area contributed by atoms with E-state index in [0.717, 1.165) is 28.1 Å². The summed E-state index contributed by atoms with van der Waals surface area (Å²) in [6.07, 6.45) is 3.23. The first-order valence-corrected chi connectivity index (χ1v) is 13.3. The number of nitrogens with one attached hydrogen (secondary N) is 2. The Morgan fingerprint density at radius 1 is 1.13 bits per heavy atom. The highest BCUT2D eigenvalue weighted by Gasteiger charge is 2.36. The van der Waals surface area contributed by atoms with Crippen molar-refractivity contribution in [3.05, 3.63) is 113 Å². The molecule has 0 radical (unpaired) electrons. The summed E-state index contributed by atoms with van der Waals surface area (Å²) in [5.41, 5.74) is 5.78. The highest BCUT2D eigenvalue weighted by Crippen LogP contribution is 2.36. The largest absolute Gasteiger partial charge is 0.497 e. The number of carbonyl (C=O) groups excluding carboxylic acids is 1. The molecule has 0 fully saturated rings. The summed E-state index contributed by atoms with van der Waals surface area (Å²) in [5.74, 6) is 0.463. The minimum atomic E-state index is -0.705. The van der Waals surface area contributed by atoms with E-state index in [2.05, 4.69) is 65.2 Å². The molecule has 0 spiro atoms. The summed E-state index contributed by atoms with van der Waals surface area (Å²) < 4.78 is 5.52. The van der Waals surface area contributed by atoms with Gasteiger partial charge in [-0.3, -0.25) is 4.79 Å². The van der Waals surface area contributed by atoms with E-state index >= 15 is 0 Å². The van der Waals surface area contributed by atoms with Crippen molar-refractivity contribution in [3.8, 4) is 5.75 Å². The fourth-order valence-electron chi connectivity index (χ4n) is 5.30. The van der Waals surface area contributed by atoms with E-state index in [1.807, 2.05) is 48.5 Å². The van der Waals surface area contributed by atoms with E-state index in [9.17, 15) is 9.90 Å².